The van der Waals surface area contributed by atoms with E-state index >= 15 is 0 Å². The fourth-order valence-electron chi connectivity index (χ4n) is 3.86. The lowest BCUT2D eigenvalue weighted by atomic mass is 9.90. The molecule has 0 aliphatic carbocycles. The van der Waals surface area contributed by atoms with Crippen LogP contribution in [0.15, 0.2) is 55.0 Å². The van der Waals surface area contributed by atoms with E-state index in [1.165, 1.54) is 0 Å². The van der Waals surface area contributed by atoms with E-state index in [2.05, 4.69) is 4.98 Å². The summed E-state index contributed by atoms with van der Waals surface area (Å²) in [4.78, 5) is 4.36. The first-order valence-electron chi connectivity index (χ1n) is 10.0. The Labute approximate surface area is 185 Å². The zero-order valence-electron chi connectivity index (χ0n) is 17.0. The standard InChI is InChI=1S/C23H25ClN2O5/c1-26-10-18(25-12-26)14-4-2-13(3-5-14)8-16-9-15(6-7-17(16)24)23-22(30)21(29)20(28)19(11-27)31-23/h2-7,9-10,12,19-23,27-30H,8,11H2,1H3/t19-,20-,21+,22-,23+/m1/s1. The molecule has 1 aliphatic heterocycles. The van der Waals surface area contributed by atoms with Crippen molar-refractivity contribution < 1.29 is 25.2 Å². The van der Waals surface area contributed by atoms with Crippen molar-refractivity contribution in [2.45, 2.75) is 36.9 Å². The Kier molecular flexibility index (Phi) is 6.43. The van der Waals surface area contributed by atoms with E-state index in [9.17, 15) is 20.4 Å². The normalized spacial score (nSPS) is 26.2. The van der Waals surface area contributed by atoms with Crippen LogP contribution in [0.25, 0.3) is 11.3 Å². The van der Waals surface area contributed by atoms with Crippen LogP contribution in [0.5, 0.6) is 0 Å². The van der Waals surface area contributed by atoms with E-state index in [-0.39, 0.29) is 0 Å². The van der Waals surface area contributed by atoms with Gasteiger partial charge >= 0.3 is 0 Å². The van der Waals surface area contributed by atoms with Crippen molar-refractivity contribution in [3.05, 3.63) is 76.7 Å². The van der Waals surface area contributed by atoms with Crippen LogP contribution in [0.1, 0.15) is 22.8 Å². The highest BCUT2D eigenvalue weighted by molar-refractivity contribution is 6.31. The van der Waals surface area contributed by atoms with E-state index in [1.807, 2.05) is 48.1 Å². The van der Waals surface area contributed by atoms with Gasteiger partial charge in [0, 0.05) is 23.8 Å². The Bertz CT molecular complexity index is 1040. The maximum absolute atomic E-state index is 10.4. The summed E-state index contributed by atoms with van der Waals surface area (Å²) in [7, 11) is 1.93. The van der Waals surface area contributed by atoms with Gasteiger partial charge in [0.2, 0.25) is 0 Å². The lowest BCUT2D eigenvalue weighted by Crippen LogP contribution is -2.55. The minimum atomic E-state index is -1.42. The van der Waals surface area contributed by atoms with Gasteiger partial charge in [0.1, 0.15) is 30.5 Å². The summed E-state index contributed by atoms with van der Waals surface area (Å²) in [6.07, 6.45) is -1.71. The fraction of sp³-hybridized carbons (Fsp3) is 0.348. The highest BCUT2D eigenvalue weighted by Crippen LogP contribution is 2.34. The molecule has 8 heteroatoms. The average molecular weight is 445 g/mol. The van der Waals surface area contributed by atoms with Crippen LogP contribution in [0.2, 0.25) is 5.02 Å². The molecule has 0 unspecified atom stereocenters. The molecule has 0 saturated carbocycles. The molecule has 3 aromatic rings. The molecule has 1 aliphatic rings. The van der Waals surface area contributed by atoms with Gasteiger partial charge in [-0.15, -0.1) is 0 Å². The number of benzene rings is 2. The van der Waals surface area contributed by atoms with Crippen LogP contribution in [0.3, 0.4) is 0 Å². The quantitative estimate of drug-likeness (QED) is 0.478. The molecule has 7 nitrogen and oxygen atoms in total. The molecule has 4 rings (SSSR count). The molecule has 31 heavy (non-hydrogen) atoms. The van der Waals surface area contributed by atoms with Crippen molar-refractivity contribution in [3.63, 3.8) is 0 Å². The Balaban J connectivity index is 1.55. The zero-order chi connectivity index (χ0) is 22.1. The number of imidazole rings is 1. The van der Waals surface area contributed by atoms with Crippen molar-refractivity contribution >= 4 is 11.6 Å². The SMILES string of the molecule is Cn1cnc(-c2ccc(Cc3cc([C@@H]4O[C@H](CO)[C@@H](O)[C@H](O)[C@H]4O)ccc3Cl)cc2)c1. The van der Waals surface area contributed by atoms with E-state index in [0.717, 1.165) is 22.4 Å². The summed E-state index contributed by atoms with van der Waals surface area (Å²) in [5.74, 6) is 0. The van der Waals surface area contributed by atoms with Gasteiger partial charge in [-0.2, -0.15) is 0 Å². The molecule has 1 fully saturated rings. The van der Waals surface area contributed by atoms with E-state index in [1.54, 1.807) is 18.5 Å². The topological polar surface area (TPSA) is 108 Å². The van der Waals surface area contributed by atoms with Gasteiger partial charge in [0.15, 0.2) is 0 Å². The van der Waals surface area contributed by atoms with Crippen LogP contribution < -0.4 is 0 Å². The number of hydrogen-bond donors (Lipinski definition) is 4. The lowest BCUT2D eigenvalue weighted by Gasteiger charge is -2.40. The third-order valence-corrected chi connectivity index (χ3v) is 6.01. The summed E-state index contributed by atoms with van der Waals surface area (Å²) in [6.45, 7) is -0.468. The van der Waals surface area contributed by atoms with Gasteiger partial charge in [-0.3, -0.25) is 0 Å². The molecule has 0 radical (unpaired) electrons. The number of aliphatic hydroxyl groups is 4. The van der Waals surface area contributed by atoms with Crippen molar-refractivity contribution in [1.82, 2.24) is 9.55 Å². The van der Waals surface area contributed by atoms with Crippen LogP contribution in [-0.2, 0) is 18.2 Å². The molecule has 5 atom stereocenters. The van der Waals surface area contributed by atoms with Crippen LogP contribution >= 0.6 is 11.6 Å². The molecule has 1 aromatic heterocycles. The Hall–Kier alpha value is -2.26. The van der Waals surface area contributed by atoms with Crippen molar-refractivity contribution in [3.8, 4) is 11.3 Å². The molecular weight excluding hydrogens is 420 g/mol. The van der Waals surface area contributed by atoms with E-state index in [4.69, 9.17) is 16.3 Å². The smallest absolute Gasteiger partial charge is 0.113 e. The van der Waals surface area contributed by atoms with E-state index in [0.29, 0.717) is 17.0 Å². The largest absolute Gasteiger partial charge is 0.394 e. The average Bonchev–Trinajstić information content (AvgIpc) is 3.21. The van der Waals surface area contributed by atoms with Gasteiger partial charge in [-0.05, 0) is 29.2 Å². The maximum Gasteiger partial charge on any atom is 0.113 e. The molecule has 1 saturated heterocycles. The second-order valence-corrected chi connectivity index (χ2v) is 8.31. The van der Waals surface area contributed by atoms with Crippen LogP contribution in [0.4, 0.5) is 0 Å². The lowest BCUT2D eigenvalue weighted by molar-refractivity contribution is -0.231. The number of aromatic nitrogens is 2. The number of halogens is 1. The highest BCUT2D eigenvalue weighted by Gasteiger charge is 2.44. The molecule has 2 heterocycles. The minimum absolute atomic E-state index is 0.468. The first-order chi connectivity index (χ1) is 14.9. The molecule has 4 N–H and O–H groups in total. The molecule has 0 spiro atoms. The summed E-state index contributed by atoms with van der Waals surface area (Å²) < 4.78 is 7.56. The van der Waals surface area contributed by atoms with Gasteiger partial charge in [0.25, 0.3) is 0 Å². The maximum atomic E-state index is 10.4. The number of nitrogens with zero attached hydrogens (tertiary/aromatic N) is 2. The Morgan fingerprint density at radius 2 is 1.77 bits per heavy atom. The molecular formula is C23H25ClN2O5. The predicted octanol–water partition coefficient (Wildman–Crippen LogP) is 1.85. The second-order valence-electron chi connectivity index (χ2n) is 7.90. The molecule has 2 aromatic carbocycles. The third-order valence-electron chi connectivity index (χ3n) is 5.64. The summed E-state index contributed by atoms with van der Waals surface area (Å²) in [5, 5.41) is 40.5. The first-order valence-corrected chi connectivity index (χ1v) is 10.4. The highest BCUT2D eigenvalue weighted by atomic mass is 35.5. The van der Waals surface area contributed by atoms with Crippen molar-refractivity contribution in [1.29, 1.82) is 0 Å². The predicted molar refractivity (Wildman–Crippen MR) is 116 cm³/mol. The molecule has 164 valence electrons. The monoisotopic (exact) mass is 444 g/mol. The molecule has 0 amide bonds. The molecule has 0 bridgehead atoms. The number of ether oxygens (including phenoxy) is 1. The van der Waals surface area contributed by atoms with Crippen LogP contribution in [0, 0.1) is 0 Å². The van der Waals surface area contributed by atoms with Crippen molar-refractivity contribution in [2.75, 3.05) is 6.61 Å². The Morgan fingerprint density at radius 1 is 1.03 bits per heavy atom. The minimum Gasteiger partial charge on any atom is -0.394 e. The van der Waals surface area contributed by atoms with Gasteiger partial charge in [-0.25, -0.2) is 4.98 Å². The van der Waals surface area contributed by atoms with Crippen molar-refractivity contribution in [2.24, 2.45) is 7.05 Å². The number of aryl methyl sites for hydroxylation is 1. The summed E-state index contributed by atoms with van der Waals surface area (Å²) >= 11 is 6.41. The van der Waals surface area contributed by atoms with E-state index < -0.39 is 37.1 Å². The summed E-state index contributed by atoms with van der Waals surface area (Å²) in [5.41, 5.74) is 4.41. The van der Waals surface area contributed by atoms with Gasteiger partial charge in [0.05, 0.1) is 18.6 Å². The number of aliphatic hydroxyl groups excluding tert-OH is 4. The fourth-order valence-corrected chi connectivity index (χ4v) is 4.04. The van der Waals surface area contributed by atoms with Gasteiger partial charge in [-0.1, -0.05) is 48.0 Å². The second kappa shape index (κ2) is 9.08. The van der Waals surface area contributed by atoms with Gasteiger partial charge < -0.3 is 29.7 Å². The third kappa shape index (κ3) is 4.52. The van der Waals surface area contributed by atoms with Crippen LogP contribution in [-0.4, -0.2) is 61.0 Å². The first kappa shape index (κ1) is 22.0. The summed E-state index contributed by atoms with van der Waals surface area (Å²) in [6, 6.07) is 13.3. The number of rotatable bonds is 5. The number of hydrogen-bond acceptors (Lipinski definition) is 6. The Morgan fingerprint density at radius 3 is 2.42 bits per heavy atom. The zero-order valence-corrected chi connectivity index (χ0v) is 17.7.